The number of likely N-dealkylation sites (tertiary alicyclic amines) is 1. The maximum absolute atomic E-state index is 13.8. The van der Waals surface area contributed by atoms with Crippen molar-refractivity contribution >= 4 is 35.0 Å². The predicted molar refractivity (Wildman–Crippen MR) is 161 cm³/mol. The second-order valence-electron chi connectivity index (χ2n) is 12.5. The molecule has 0 bridgehead atoms. The van der Waals surface area contributed by atoms with E-state index in [1.54, 1.807) is 23.8 Å². The van der Waals surface area contributed by atoms with Gasteiger partial charge in [0.25, 0.3) is 0 Å². The summed E-state index contributed by atoms with van der Waals surface area (Å²) in [4.78, 5) is 57.5. The van der Waals surface area contributed by atoms with Gasteiger partial charge in [-0.3, -0.25) is 19.2 Å². The topological polar surface area (TPSA) is 158 Å². The molecule has 0 aliphatic carbocycles. The fourth-order valence-electron chi connectivity index (χ4n) is 5.45. The molecule has 0 saturated carbocycles. The molecule has 3 heterocycles. The van der Waals surface area contributed by atoms with Crippen molar-refractivity contribution in [3.8, 4) is 16.2 Å². The molecular formula is C31H42N4O7S. The molecule has 0 unspecified atom stereocenters. The Balaban J connectivity index is 1.38. The first-order valence-corrected chi connectivity index (χ1v) is 15.7. The Hall–Kier alpha value is -3.51. The van der Waals surface area contributed by atoms with E-state index in [2.05, 4.69) is 15.6 Å². The van der Waals surface area contributed by atoms with Crippen LogP contribution in [0.15, 0.2) is 23.7 Å². The van der Waals surface area contributed by atoms with Crippen LogP contribution in [0.4, 0.5) is 0 Å². The van der Waals surface area contributed by atoms with Gasteiger partial charge in [-0.25, -0.2) is 4.98 Å². The average molecular weight is 615 g/mol. The van der Waals surface area contributed by atoms with Gasteiger partial charge in [0.2, 0.25) is 17.7 Å². The number of benzene rings is 1. The molecule has 12 heteroatoms. The zero-order valence-electron chi connectivity index (χ0n) is 25.2. The first-order chi connectivity index (χ1) is 20.3. The standard InChI is InChI=1S/C31H42N4O7S/c1-18(19-11-12-21-23(13-19)42-16-22-27(21)43-17-32-22)29(40)33-24-14-20(36)15-35(24)30(41)28(31(2,3)4)34-25(37)9-7-5-6-8-10-26(38)39/h11-13,17-18,20,24,28,36H,5-10,14-16H2,1-4H3,(H,33,40)(H,34,37)(H,38,39)/t18-,20-,24+,28-/m1/s1. The molecule has 43 heavy (non-hydrogen) atoms. The highest BCUT2D eigenvalue weighted by Crippen LogP contribution is 2.41. The molecule has 2 aromatic rings. The number of carbonyl (C=O) groups excluding carboxylic acids is 3. The number of unbranched alkanes of at least 4 members (excludes halogenated alkanes) is 3. The molecule has 0 spiro atoms. The molecule has 0 radical (unpaired) electrons. The second kappa shape index (κ2) is 13.9. The molecule has 11 nitrogen and oxygen atoms in total. The zero-order chi connectivity index (χ0) is 31.3. The Labute approximate surface area is 256 Å². The predicted octanol–water partition coefficient (Wildman–Crippen LogP) is 3.80. The number of amides is 3. The maximum Gasteiger partial charge on any atom is 0.303 e. The van der Waals surface area contributed by atoms with Gasteiger partial charge in [-0.2, -0.15) is 0 Å². The lowest BCUT2D eigenvalue weighted by molar-refractivity contribution is -0.141. The summed E-state index contributed by atoms with van der Waals surface area (Å²) in [7, 11) is 0. The quantitative estimate of drug-likeness (QED) is 0.263. The van der Waals surface area contributed by atoms with Gasteiger partial charge in [-0.05, 0) is 42.9 Å². The van der Waals surface area contributed by atoms with Crippen LogP contribution in [0, 0.1) is 5.41 Å². The number of carboxylic acid groups (broad SMARTS) is 1. The van der Waals surface area contributed by atoms with Gasteiger partial charge in [0, 0.05) is 31.4 Å². The number of carboxylic acids is 1. The Bertz CT molecular complexity index is 1340. The fourth-order valence-corrected chi connectivity index (χ4v) is 6.28. The summed E-state index contributed by atoms with van der Waals surface area (Å²) >= 11 is 1.55. The highest BCUT2D eigenvalue weighted by molar-refractivity contribution is 7.13. The number of carbonyl (C=O) groups is 4. The lowest BCUT2D eigenvalue weighted by Crippen LogP contribution is -2.58. The number of aliphatic hydroxyl groups excluding tert-OH is 1. The summed E-state index contributed by atoms with van der Waals surface area (Å²) in [6.45, 7) is 7.79. The number of fused-ring (bicyclic) bond motifs is 3. The largest absolute Gasteiger partial charge is 0.487 e. The Morgan fingerprint density at radius 1 is 1.14 bits per heavy atom. The van der Waals surface area contributed by atoms with E-state index in [-0.39, 0.29) is 43.5 Å². The lowest BCUT2D eigenvalue weighted by Gasteiger charge is -2.36. The molecule has 1 saturated heterocycles. The van der Waals surface area contributed by atoms with Gasteiger partial charge in [0.15, 0.2) is 0 Å². The summed E-state index contributed by atoms with van der Waals surface area (Å²) in [5.74, 6) is -1.58. The Morgan fingerprint density at radius 2 is 1.86 bits per heavy atom. The van der Waals surface area contributed by atoms with Crippen LogP contribution in [0.1, 0.15) is 89.8 Å². The van der Waals surface area contributed by atoms with Crippen LogP contribution in [0.2, 0.25) is 0 Å². The Kier molecular flexibility index (Phi) is 10.4. The molecule has 2 aliphatic heterocycles. The Morgan fingerprint density at radius 3 is 2.56 bits per heavy atom. The number of nitrogens with zero attached hydrogens (tertiary/aromatic N) is 2. The number of rotatable bonds is 12. The molecule has 234 valence electrons. The minimum absolute atomic E-state index is 0.0497. The summed E-state index contributed by atoms with van der Waals surface area (Å²) in [5, 5.41) is 25.1. The molecule has 1 aromatic carbocycles. The van der Waals surface area contributed by atoms with Crippen LogP contribution in [0.3, 0.4) is 0 Å². The average Bonchev–Trinajstić information content (AvgIpc) is 3.58. The third kappa shape index (κ3) is 8.11. The van der Waals surface area contributed by atoms with Crippen LogP contribution in [0.5, 0.6) is 5.75 Å². The number of aromatic nitrogens is 1. The first kappa shape index (κ1) is 32.4. The van der Waals surface area contributed by atoms with Crippen molar-refractivity contribution in [2.45, 2.75) is 103 Å². The van der Waals surface area contributed by atoms with Crippen molar-refractivity contribution < 1.29 is 34.1 Å². The molecule has 4 atom stereocenters. The van der Waals surface area contributed by atoms with Crippen LogP contribution >= 0.6 is 11.3 Å². The van der Waals surface area contributed by atoms with E-state index in [9.17, 15) is 24.3 Å². The van der Waals surface area contributed by atoms with Gasteiger partial charge in [-0.1, -0.05) is 39.7 Å². The highest BCUT2D eigenvalue weighted by atomic mass is 32.1. The fraction of sp³-hybridized carbons (Fsp3) is 0.581. The molecule has 1 fully saturated rings. The molecular weight excluding hydrogens is 572 g/mol. The van der Waals surface area contributed by atoms with Crippen LogP contribution in [-0.2, 0) is 25.8 Å². The van der Waals surface area contributed by atoms with E-state index in [1.165, 1.54) is 4.90 Å². The third-order valence-corrected chi connectivity index (χ3v) is 8.88. The van der Waals surface area contributed by atoms with Crippen LogP contribution in [0.25, 0.3) is 10.4 Å². The summed E-state index contributed by atoms with van der Waals surface area (Å²) in [6.07, 6.45) is 1.60. The van der Waals surface area contributed by atoms with Gasteiger partial charge >= 0.3 is 5.97 Å². The molecule has 2 aliphatic rings. The maximum atomic E-state index is 13.8. The first-order valence-electron chi connectivity index (χ1n) is 14.8. The van der Waals surface area contributed by atoms with Crippen molar-refractivity contribution in [1.82, 2.24) is 20.5 Å². The zero-order valence-corrected chi connectivity index (χ0v) is 26.0. The number of nitrogens with one attached hydrogen (secondary N) is 2. The number of aliphatic carboxylic acids is 1. The highest BCUT2D eigenvalue weighted by Gasteiger charge is 2.42. The van der Waals surface area contributed by atoms with Gasteiger partial charge in [0.1, 0.15) is 24.6 Å². The van der Waals surface area contributed by atoms with E-state index >= 15 is 0 Å². The van der Waals surface area contributed by atoms with E-state index in [0.717, 1.165) is 34.5 Å². The normalized spacial score (nSPS) is 19.0. The van der Waals surface area contributed by atoms with E-state index in [0.29, 0.717) is 25.2 Å². The molecule has 1 aromatic heterocycles. The van der Waals surface area contributed by atoms with E-state index < -0.39 is 35.6 Å². The van der Waals surface area contributed by atoms with Crippen molar-refractivity contribution in [2.24, 2.45) is 5.41 Å². The number of ether oxygens (including phenoxy) is 1. The van der Waals surface area contributed by atoms with Crippen molar-refractivity contribution in [1.29, 1.82) is 0 Å². The van der Waals surface area contributed by atoms with Crippen LogP contribution < -0.4 is 15.4 Å². The second-order valence-corrected chi connectivity index (χ2v) is 13.3. The van der Waals surface area contributed by atoms with Gasteiger partial charge < -0.3 is 30.5 Å². The van der Waals surface area contributed by atoms with E-state index in [1.807, 2.05) is 39.0 Å². The van der Waals surface area contributed by atoms with E-state index in [4.69, 9.17) is 9.84 Å². The minimum atomic E-state index is -0.858. The number of aliphatic hydroxyl groups is 1. The van der Waals surface area contributed by atoms with Crippen molar-refractivity contribution in [2.75, 3.05) is 6.54 Å². The molecule has 4 rings (SSSR count). The minimum Gasteiger partial charge on any atom is -0.487 e. The van der Waals surface area contributed by atoms with Gasteiger partial charge in [-0.15, -0.1) is 11.3 Å². The smallest absolute Gasteiger partial charge is 0.303 e. The summed E-state index contributed by atoms with van der Waals surface area (Å²) in [6, 6.07) is 4.84. The van der Waals surface area contributed by atoms with Crippen molar-refractivity contribution in [3.05, 3.63) is 35.0 Å². The lowest BCUT2D eigenvalue weighted by atomic mass is 9.85. The number of thiazole rings is 1. The molecule has 3 amide bonds. The summed E-state index contributed by atoms with van der Waals surface area (Å²) < 4.78 is 5.89. The van der Waals surface area contributed by atoms with Gasteiger partial charge in [0.05, 0.1) is 28.1 Å². The summed E-state index contributed by atoms with van der Waals surface area (Å²) in [5.41, 5.74) is 3.79. The third-order valence-electron chi connectivity index (χ3n) is 7.98. The molecule has 4 N–H and O–H groups in total. The number of hydrogen-bond donors (Lipinski definition) is 4. The number of β-amino-alcohol motifs (C(OH)–C–C–N with tert-alkyl or cyclic N) is 1. The SMILES string of the molecule is C[C@@H](C(=O)N[C@@H]1C[C@@H](O)CN1C(=O)[C@@H](NC(=O)CCCCCCC(=O)O)C(C)(C)C)c1ccc2c(c1)OCc1ncsc1-2. The number of hydrogen-bond acceptors (Lipinski definition) is 8. The van der Waals surface area contributed by atoms with Crippen LogP contribution in [-0.4, -0.2) is 68.6 Å². The van der Waals surface area contributed by atoms with Crippen molar-refractivity contribution in [3.63, 3.8) is 0 Å². The monoisotopic (exact) mass is 614 g/mol.